The Morgan fingerprint density at radius 3 is 2.56 bits per heavy atom. The van der Waals surface area contributed by atoms with E-state index in [4.69, 9.17) is 4.74 Å². The quantitative estimate of drug-likeness (QED) is 0.345. The molecule has 0 bridgehead atoms. The molecule has 0 unspecified atom stereocenters. The molecule has 0 fully saturated rings. The number of aryl methyl sites for hydroxylation is 2. The molecule has 8 heteroatoms. The van der Waals surface area contributed by atoms with Crippen LogP contribution in [0.25, 0.3) is 17.0 Å². The van der Waals surface area contributed by atoms with Gasteiger partial charge in [-0.3, -0.25) is 9.48 Å². The van der Waals surface area contributed by atoms with E-state index in [-0.39, 0.29) is 12.3 Å². The van der Waals surface area contributed by atoms with Crippen molar-refractivity contribution in [2.24, 2.45) is 0 Å². The van der Waals surface area contributed by atoms with Gasteiger partial charge in [-0.05, 0) is 44.5 Å². The summed E-state index contributed by atoms with van der Waals surface area (Å²) in [5.41, 5.74) is 5.11. The Morgan fingerprint density at radius 2 is 1.78 bits per heavy atom. The number of rotatable bonds is 6. The fraction of sp³-hybridized carbons (Fsp3) is 0.208. The van der Waals surface area contributed by atoms with Crippen molar-refractivity contribution >= 4 is 22.9 Å². The van der Waals surface area contributed by atoms with Crippen LogP contribution >= 0.6 is 0 Å². The van der Waals surface area contributed by atoms with Crippen LogP contribution < -0.4 is 5.56 Å². The molecule has 0 spiro atoms. The van der Waals surface area contributed by atoms with Crippen molar-refractivity contribution in [1.29, 1.82) is 0 Å². The van der Waals surface area contributed by atoms with Gasteiger partial charge >= 0.3 is 5.97 Å². The van der Waals surface area contributed by atoms with E-state index < -0.39 is 5.97 Å². The molecule has 2 heterocycles. The van der Waals surface area contributed by atoms with Gasteiger partial charge in [-0.15, -0.1) is 5.10 Å². The maximum atomic E-state index is 12.4. The number of fused-ring (bicyclic) bond motifs is 1. The van der Waals surface area contributed by atoms with Gasteiger partial charge in [-0.25, -0.2) is 4.79 Å². The summed E-state index contributed by atoms with van der Waals surface area (Å²) in [6, 6.07) is 15.2. The van der Waals surface area contributed by atoms with Gasteiger partial charge in [0.05, 0.1) is 17.6 Å². The Labute approximate surface area is 184 Å². The number of carbonyl (C=O) groups is 1. The standard InChI is InChI=1S/C24H23N5O3/c1-16-8-10-19(11-9-16)14-28-18(3)20(17(2)26-28)12-13-23(30)32-15-29-24(31)21-6-4-5-7-22(21)25-27-29/h4-13H,14-15H2,1-3H3. The Bertz CT molecular complexity index is 1370. The minimum absolute atomic E-state index is 0.315. The molecule has 8 nitrogen and oxygen atoms in total. The molecule has 0 radical (unpaired) electrons. The first kappa shape index (κ1) is 21.2. The lowest BCUT2D eigenvalue weighted by molar-refractivity contribution is -0.141. The molecule has 0 saturated heterocycles. The van der Waals surface area contributed by atoms with Crippen LogP contribution in [0.15, 0.2) is 59.4 Å². The third-order valence-electron chi connectivity index (χ3n) is 5.23. The van der Waals surface area contributed by atoms with Crippen LogP contribution in [0.3, 0.4) is 0 Å². The second-order valence-corrected chi connectivity index (χ2v) is 7.56. The molecule has 32 heavy (non-hydrogen) atoms. The van der Waals surface area contributed by atoms with E-state index in [9.17, 15) is 9.59 Å². The molecule has 0 aliphatic rings. The Balaban J connectivity index is 1.43. The van der Waals surface area contributed by atoms with Crippen LogP contribution in [-0.4, -0.2) is 30.7 Å². The van der Waals surface area contributed by atoms with Crippen LogP contribution in [-0.2, 0) is 22.8 Å². The molecular weight excluding hydrogens is 406 g/mol. The number of aromatic nitrogens is 5. The maximum Gasteiger partial charge on any atom is 0.332 e. The summed E-state index contributed by atoms with van der Waals surface area (Å²) in [4.78, 5) is 24.6. The highest BCUT2D eigenvalue weighted by Gasteiger charge is 2.11. The molecular formula is C24H23N5O3. The predicted octanol–water partition coefficient (Wildman–Crippen LogP) is 3.18. The molecule has 4 rings (SSSR count). The second-order valence-electron chi connectivity index (χ2n) is 7.56. The van der Waals surface area contributed by atoms with Crippen molar-refractivity contribution in [2.45, 2.75) is 34.0 Å². The Morgan fingerprint density at radius 1 is 1.03 bits per heavy atom. The zero-order valence-corrected chi connectivity index (χ0v) is 18.1. The number of carbonyl (C=O) groups excluding carboxylic acids is 1. The van der Waals surface area contributed by atoms with E-state index in [1.54, 1.807) is 30.3 Å². The molecule has 4 aromatic rings. The third kappa shape index (κ3) is 4.49. The van der Waals surface area contributed by atoms with E-state index in [0.29, 0.717) is 17.4 Å². The van der Waals surface area contributed by atoms with Gasteiger partial charge in [-0.1, -0.05) is 47.2 Å². The number of ether oxygens (including phenoxy) is 1. The van der Waals surface area contributed by atoms with Gasteiger partial charge in [0, 0.05) is 17.3 Å². The average molecular weight is 429 g/mol. The molecule has 0 N–H and O–H groups in total. The number of esters is 1. The first-order chi connectivity index (χ1) is 15.4. The Hall–Kier alpha value is -4.07. The zero-order chi connectivity index (χ0) is 22.7. The summed E-state index contributed by atoms with van der Waals surface area (Å²) in [5.74, 6) is -0.586. The van der Waals surface area contributed by atoms with E-state index in [2.05, 4.69) is 46.6 Å². The van der Waals surface area contributed by atoms with Crippen molar-refractivity contribution in [3.8, 4) is 0 Å². The third-order valence-corrected chi connectivity index (χ3v) is 5.23. The molecule has 0 amide bonds. The normalized spacial score (nSPS) is 11.3. The largest absolute Gasteiger partial charge is 0.439 e. The monoisotopic (exact) mass is 429 g/mol. The van der Waals surface area contributed by atoms with Gasteiger partial charge in [0.2, 0.25) is 0 Å². The van der Waals surface area contributed by atoms with Crippen molar-refractivity contribution < 1.29 is 9.53 Å². The lowest BCUT2D eigenvalue weighted by atomic mass is 10.1. The average Bonchev–Trinajstić information content (AvgIpc) is 3.06. The summed E-state index contributed by atoms with van der Waals surface area (Å²) >= 11 is 0. The summed E-state index contributed by atoms with van der Waals surface area (Å²) in [7, 11) is 0. The van der Waals surface area contributed by atoms with Crippen LogP contribution in [0.1, 0.15) is 28.1 Å². The van der Waals surface area contributed by atoms with Gasteiger partial charge in [-0.2, -0.15) is 9.78 Å². The minimum atomic E-state index is -0.586. The number of hydrogen-bond acceptors (Lipinski definition) is 6. The number of hydrogen-bond donors (Lipinski definition) is 0. The van der Waals surface area contributed by atoms with Gasteiger partial charge < -0.3 is 4.74 Å². The summed E-state index contributed by atoms with van der Waals surface area (Å²) in [6.07, 6.45) is 3.01. The molecule has 2 aromatic heterocycles. The highest BCUT2D eigenvalue weighted by atomic mass is 16.5. The lowest BCUT2D eigenvalue weighted by Gasteiger charge is -2.06. The van der Waals surface area contributed by atoms with Crippen molar-refractivity contribution in [3.63, 3.8) is 0 Å². The van der Waals surface area contributed by atoms with E-state index in [0.717, 1.165) is 27.2 Å². The van der Waals surface area contributed by atoms with Crippen LogP contribution in [0.4, 0.5) is 0 Å². The van der Waals surface area contributed by atoms with E-state index in [1.807, 2.05) is 18.5 Å². The predicted molar refractivity (Wildman–Crippen MR) is 121 cm³/mol. The zero-order valence-electron chi connectivity index (χ0n) is 18.1. The van der Waals surface area contributed by atoms with Gasteiger partial charge in [0.25, 0.3) is 5.56 Å². The summed E-state index contributed by atoms with van der Waals surface area (Å²) in [6.45, 7) is 6.24. The van der Waals surface area contributed by atoms with Crippen molar-refractivity contribution in [1.82, 2.24) is 24.8 Å². The van der Waals surface area contributed by atoms with E-state index >= 15 is 0 Å². The van der Waals surface area contributed by atoms with Gasteiger partial charge in [0.15, 0.2) is 6.73 Å². The van der Waals surface area contributed by atoms with Gasteiger partial charge in [0.1, 0.15) is 5.52 Å². The SMILES string of the molecule is Cc1ccc(Cn2nc(C)c(C=CC(=O)OCn3nnc4ccccc4c3=O)c2C)cc1. The molecule has 0 aliphatic carbocycles. The first-order valence-corrected chi connectivity index (χ1v) is 10.2. The summed E-state index contributed by atoms with van der Waals surface area (Å²) in [5, 5.41) is 12.8. The summed E-state index contributed by atoms with van der Waals surface area (Å²) < 4.78 is 8.11. The molecule has 162 valence electrons. The fourth-order valence-electron chi connectivity index (χ4n) is 3.40. The van der Waals surface area contributed by atoms with Crippen molar-refractivity contribution in [2.75, 3.05) is 0 Å². The molecule has 0 atom stereocenters. The lowest BCUT2D eigenvalue weighted by Crippen LogP contribution is -2.26. The molecule has 0 aliphatic heterocycles. The first-order valence-electron chi connectivity index (χ1n) is 10.2. The molecule has 2 aromatic carbocycles. The van der Waals surface area contributed by atoms with E-state index in [1.165, 1.54) is 11.6 Å². The fourth-order valence-corrected chi connectivity index (χ4v) is 3.40. The second kappa shape index (κ2) is 8.97. The number of benzene rings is 2. The topological polar surface area (TPSA) is 91.9 Å². The van der Waals surface area contributed by atoms with Crippen molar-refractivity contribution in [3.05, 3.63) is 93.0 Å². The minimum Gasteiger partial charge on any atom is -0.439 e. The van der Waals surface area contributed by atoms with Crippen LogP contribution in [0, 0.1) is 20.8 Å². The maximum absolute atomic E-state index is 12.4. The number of nitrogens with zero attached hydrogens (tertiary/aromatic N) is 5. The van der Waals surface area contributed by atoms with Crippen LogP contribution in [0.2, 0.25) is 0 Å². The van der Waals surface area contributed by atoms with Crippen LogP contribution in [0.5, 0.6) is 0 Å². The highest BCUT2D eigenvalue weighted by molar-refractivity contribution is 5.87. The Kier molecular flexibility index (Phi) is 5.93. The highest BCUT2D eigenvalue weighted by Crippen LogP contribution is 2.17. The molecule has 0 saturated carbocycles. The smallest absolute Gasteiger partial charge is 0.332 e.